The first kappa shape index (κ1) is 14.1. The molecule has 1 unspecified atom stereocenters. The van der Waals surface area contributed by atoms with Gasteiger partial charge in [0, 0.05) is 19.0 Å². The van der Waals surface area contributed by atoms with Crippen LogP contribution in [0.25, 0.3) is 0 Å². The summed E-state index contributed by atoms with van der Waals surface area (Å²) >= 11 is 5.42. The molecule has 1 saturated heterocycles. The number of alkyl halides is 4. The third-order valence-corrected chi connectivity index (χ3v) is 2.90. The lowest BCUT2D eigenvalue weighted by atomic mass is 9.98. The van der Waals surface area contributed by atoms with Crippen molar-refractivity contribution < 1.29 is 17.9 Å². The van der Waals surface area contributed by atoms with Gasteiger partial charge in [-0.25, -0.2) is 0 Å². The first-order chi connectivity index (χ1) is 7.54. The number of piperidine rings is 1. The van der Waals surface area contributed by atoms with E-state index < -0.39 is 12.1 Å². The lowest BCUT2D eigenvalue weighted by Gasteiger charge is -2.33. The average molecular weight is 260 g/mol. The Morgan fingerprint density at radius 1 is 1.31 bits per heavy atom. The average Bonchev–Trinajstić information content (AvgIpc) is 2.24. The summed E-state index contributed by atoms with van der Waals surface area (Å²) in [6.45, 7) is 2.31. The predicted molar refractivity (Wildman–Crippen MR) is 56.8 cm³/mol. The second-order valence-corrected chi connectivity index (χ2v) is 4.36. The number of likely N-dealkylation sites (tertiary alicyclic amines) is 1. The van der Waals surface area contributed by atoms with Crippen LogP contribution in [0.2, 0.25) is 0 Å². The highest BCUT2D eigenvalue weighted by Gasteiger charge is 2.41. The van der Waals surface area contributed by atoms with Gasteiger partial charge in [-0.1, -0.05) is 0 Å². The quantitative estimate of drug-likeness (QED) is 0.556. The molecular formula is C10H17ClF3NO. The van der Waals surface area contributed by atoms with Crippen LogP contribution in [0.4, 0.5) is 13.2 Å². The van der Waals surface area contributed by atoms with Crippen molar-refractivity contribution >= 4 is 11.6 Å². The van der Waals surface area contributed by atoms with E-state index in [2.05, 4.69) is 0 Å². The first-order valence-electron chi connectivity index (χ1n) is 5.47. The Bertz CT molecular complexity index is 201. The van der Waals surface area contributed by atoms with Crippen molar-refractivity contribution in [3.8, 4) is 0 Å². The van der Waals surface area contributed by atoms with Gasteiger partial charge in [0.2, 0.25) is 0 Å². The maximum absolute atomic E-state index is 12.5. The van der Waals surface area contributed by atoms with Crippen LogP contribution < -0.4 is 0 Å². The van der Waals surface area contributed by atoms with Crippen LogP contribution in [-0.4, -0.2) is 49.8 Å². The van der Waals surface area contributed by atoms with Crippen LogP contribution in [0.3, 0.4) is 0 Å². The van der Waals surface area contributed by atoms with Crippen LogP contribution in [0, 0.1) is 5.92 Å². The fourth-order valence-electron chi connectivity index (χ4n) is 1.88. The molecule has 0 saturated carbocycles. The summed E-state index contributed by atoms with van der Waals surface area (Å²) in [5.41, 5.74) is 0. The van der Waals surface area contributed by atoms with Crippen molar-refractivity contribution in [2.75, 3.05) is 38.7 Å². The molecule has 0 amide bonds. The van der Waals surface area contributed by atoms with Gasteiger partial charge < -0.3 is 9.64 Å². The van der Waals surface area contributed by atoms with E-state index in [1.165, 1.54) is 0 Å². The van der Waals surface area contributed by atoms with Crippen molar-refractivity contribution in [3.63, 3.8) is 0 Å². The molecule has 0 bridgehead atoms. The van der Waals surface area contributed by atoms with Gasteiger partial charge in [-0.05, 0) is 19.4 Å². The van der Waals surface area contributed by atoms with E-state index >= 15 is 0 Å². The molecule has 96 valence electrons. The number of halogens is 4. The minimum atomic E-state index is -4.06. The molecule has 1 aliphatic heterocycles. The molecule has 0 N–H and O–H groups in total. The Morgan fingerprint density at radius 2 is 2.06 bits per heavy atom. The van der Waals surface area contributed by atoms with Crippen molar-refractivity contribution in [2.45, 2.75) is 19.0 Å². The Kier molecular flexibility index (Phi) is 5.86. The third kappa shape index (κ3) is 4.89. The van der Waals surface area contributed by atoms with E-state index in [0.29, 0.717) is 32.1 Å². The molecule has 1 atom stereocenters. The van der Waals surface area contributed by atoms with Crippen LogP contribution in [0.15, 0.2) is 0 Å². The predicted octanol–water partition coefficient (Wildman–Crippen LogP) is 2.52. The topological polar surface area (TPSA) is 12.5 Å². The van der Waals surface area contributed by atoms with E-state index in [-0.39, 0.29) is 13.0 Å². The van der Waals surface area contributed by atoms with Crippen LogP contribution in [-0.2, 0) is 4.74 Å². The molecule has 0 radical (unpaired) electrons. The molecule has 16 heavy (non-hydrogen) atoms. The van der Waals surface area contributed by atoms with Gasteiger partial charge in [0.1, 0.15) is 0 Å². The highest BCUT2D eigenvalue weighted by Crippen LogP contribution is 2.32. The van der Waals surface area contributed by atoms with Gasteiger partial charge in [-0.15, -0.1) is 11.6 Å². The molecule has 0 aromatic rings. The van der Waals surface area contributed by atoms with Crippen molar-refractivity contribution in [1.82, 2.24) is 4.90 Å². The molecule has 6 heteroatoms. The van der Waals surface area contributed by atoms with Gasteiger partial charge in [0.25, 0.3) is 0 Å². The van der Waals surface area contributed by atoms with Crippen LogP contribution in [0.1, 0.15) is 12.8 Å². The maximum atomic E-state index is 12.5. The summed E-state index contributed by atoms with van der Waals surface area (Å²) < 4.78 is 42.6. The monoisotopic (exact) mass is 259 g/mol. The van der Waals surface area contributed by atoms with Gasteiger partial charge in [0.15, 0.2) is 0 Å². The smallest absolute Gasteiger partial charge is 0.379 e. The fourth-order valence-corrected chi connectivity index (χ4v) is 1.99. The zero-order valence-electron chi connectivity index (χ0n) is 9.10. The fraction of sp³-hybridized carbons (Fsp3) is 1.00. The zero-order chi connectivity index (χ0) is 12.0. The third-order valence-electron chi connectivity index (χ3n) is 2.74. The maximum Gasteiger partial charge on any atom is 0.393 e. The highest BCUT2D eigenvalue weighted by atomic mass is 35.5. The Balaban J connectivity index is 2.23. The number of rotatable bonds is 5. The highest BCUT2D eigenvalue weighted by molar-refractivity contribution is 6.17. The van der Waals surface area contributed by atoms with Gasteiger partial charge in [-0.3, -0.25) is 0 Å². The summed E-state index contributed by atoms with van der Waals surface area (Å²) in [5, 5.41) is 0. The molecular weight excluding hydrogens is 243 g/mol. The SMILES string of the molecule is FC(F)(F)C1CCCN(CCOCCCl)C1. The van der Waals surface area contributed by atoms with Crippen molar-refractivity contribution in [3.05, 3.63) is 0 Å². The standard InChI is InChI=1S/C10H17ClF3NO/c11-3-6-16-7-5-15-4-1-2-9(8-15)10(12,13)14/h9H,1-8H2. The Morgan fingerprint density at radius 3 is 2.69 bits per heavy atom. The van der Waals surface area contributed by atoms with Crippen molar-refractivity contribution in [2.24, 2.45) is 5.92 Å². The molecule has 1 aliphatic rings. The van der Waals surface area contributed by atoms with Crippen molar-refractivity contribution in [1.29, 1.82) is 0 Å². The van der Waals surface area contributed by atoms with Gasteiger partial charge in [-0.2, -0.15) is 13.2 Å². The molecule has 1 rings (SSSR count). The summed E-state index contributed by atoms with van der Waals surface area (Å²) in [7, 11) is 0. The lowest BCUT2D eigenvalue weighted by Crippen LogP contribution is -2.42. The Labute approximate surface area is 98.7 Å². The summed E-state index contributed by atoms with van der Waals surface area (Å²) in [5.74, 6) is -0.750. The van der Waals surface area contributed by atoms with Crippen LogP contribution in [0.5, 0.6) is 0 Å². The summed E-state index contributed by atoms with van der Waals surface area (Å²) in [6.07, 6.45) is -3.20. The summed E-state index contributed by atoms with van der Waals surface area (Å²) in [6, 6.07) is 0. The molecule has 0 spiro atoms. The number of hydrogen-bond acceptors (Lipinski definition) is 2. The second kappa shape index (κ2) is 6.67. The lowest BCUT2D eigenvalue weighted by molar-refractivity contribution is -0.187. The normalized spacial score (nSPS) is 23.6. The van der Waals surface area contributed by atoms with E-state index in [9.17, 15) is 13.2 Å². The second-order valence-electron chi connectivity index (χ2n) is 3.98. The molecule has 1 fully saturated rings. The zero-order valence-corrected chi connectivity index (χ0v) is 9.86. The molecule has 1 heterocycles. The molecule has 2 nitrogen and oxygen atoms in total. The molecule has 0 aliphatic carbocycles. The summed E-state index contributed by atoms with van der Waals surface area (Å²) in [4.78, 5) is 1.82. The van der Waals surface area contributed by atoms with Gasteiger partial charge in [0.05, 0.1) is 19.1 Å². The van der Waals surface area contributed by atoms with Crippen LogP contribution >= 0.6 is 11.6 Å². The van der Waals surface area contributed by atoms with E-state index in [0.717, 1.165) is 6.54 Å². The minimum absolute atomic E-state index is 0.105. The molecule has 0 aromatic heterocycles. The van der Waals surface area contributed by atoms with Gasteiger partial charge >= 0.3 is 6.18 Å². The first-order valence-corrected chi connectivity index (χ1v) is 6.00. The number of ether oxygens (including phenoxy) is 1. The Hall–Kier alpha value is 0. The van der Waals surface area contributed by atoms with E-state index in [1.54, 1.807) is 0 Å². The van der Waals surface area contributed by atoms with E-state index in [4.69, 9.17) is 16.3 Å². The largest absolute Gasteiger partial charge is 0.393 e. The molecule has 0 aromatic carbocycles. The minimum Gasteiger partial charge on any atom is -0.379 e. The number of nitrogens with zero attached hydrogens (tertiary/aromatic N) is 1. The van der Waals surface area contributed by atoms with E-state index in [1.807, 2.05) is 4.90 Å². The number of hydrogen-bond donors (Lipinski definition) is 0.